The molecule has 1 aliphatic carbocycles. The fourth-order valence-corrected chi connectivity index (χ4v) is 3.37. The van der Waals surface area contributed by atoms with Crippen LogP contribution in [0.1, 0.15) is 37.9 Å². The van der Waals surface area contributed by atoms with Crippen LogP contribution in [-0.4, -0.2) is 33.4 Å². The number of fused-ring (bicyclic) bond motifs is 3. The molecule has 100 valence electrons. The van der Waals surface area contributed by atoms with Crippen LogP contribution in [0.25, 0.3) is 0 Å². The highest BCUT2D eigenvalue weighted by atomic mass is 16.1. The second kappa shape index (κ2) is 4.57. The first-order valence-corrected chi connectivity index (χ1v) is 7.24. The van der Waals surface area contributed by atoms with Gasteiger partial charge >= 0.3 is 0 Å². The Hall–Kier alpha value is -1.03. The Bertz CT molecular complexity index is 498. The molecule has 0 N–H and O–H groups in total. The van der Waals surface area contributed by atoms with E-state index in [-0.39, 0.29) is 5.56 Å². The van der Waals surface area contributed by atoms with Gasteiger partial charge in [-0.2, -0.15) is 0 Å². The highest BCUT2D eigenvalue weighted by Crippen LogP contribution is 2.20. The molecule has 0 unspecified atom stereocenters. The van der Waals surface area contributed by atoms with Gasteiger partial charge in [0.1, 0.15) is 0 Å². The summed E-state index contributed by atoms with van der Waals surface area (Å²) in [7, 11) is 0. The van der Waals surface area contributed by atoms with Crippen LogP contribution in [0.4, 0.5) is 0 Å². The van der Waals surface area contributed by atoms with E-state index in [9.17, 15) is 4.79 Å². The average Bonchev–Trinajstić information content (AvgIpc) is 2.55. The third kappa shape index (κ3) is 1.83. The first-order chi connectivity index (χ1) is 8.68. The van der Waals surface area contributed by atoms with Crippen LogP contribution in [0.15, 0.2) is 4.79 Å². The maximum Gasteiger partial charge on any atom is 0.270 e. The zero-order chi connectivity index (χ0) is 12.7. The SMILES string of the molecule is CC(C)N1CCn2c3c(c(=O)n2CC1)CCCC3. The lowest BCUT2D eigenvalue weighted by Crippen LogP contribution is -2.34. The molecule has 0 amide bonds. The van der Waals surface area contributed by atoms with E-state index >= 15 is 0 Å². The summed E-state index contributed by atoms with van der Waals surface area (Å²) in [5.41, 5.74) is 2.73. The van der Waals surface area contributed by atoms with Crippen molar-refractivity contribution < 1.29 is 0 Å². The first kappa shape index (κ1) is 12.0. The highest BCUT2D eigenvalue weighted by Gasteiger charge is 2.25. The number of rotatable bonds is 1. The van der Waals surface area contributed by atoms with E-state index in [1.165, 1.54) is 18.5 Å². The molecule has 3 rings (SSSR count). The topological polar surface area (TPSA) is 30.2 Å². The molecule has 1 aromatic heterocycles. The summed E-state index contributed by atoms with van der Waals surface area (Å²) in [5, 5.41) is 0. The van der Waals surface area contributed by atoms with Crippen molar-refractivity contribution in [2.24, 2.45) is 0 Å². The van der Waals surface area contributed by atoms with Crippen LogP contribution >= 0.6 is 0 Å². The molecular formula is C14H23N3O. The van der Waals surface area contributed by atoms with Crippen molar-refractivity contribution in [3.63, 3.8) is 0 Å². The van der Waals surface area contributed by atoms with Gasteiger partial charge in [-0.1, -0.05) is 0 Å². The third-order valence-corrected chi connectivity index (χ3v) is 4.46. The maximum absolute atomic E-state index is 12.4. The van der Waals surface area contributed by atoms with Gasteiger partial charge in [-0.3, -0.25) is 14.4 Å². The summed E-state index contributed by atoms with van der Waals surface area (Å²) in [5.74, 6) is 0. The normalized spacial score (nSPS) is 20.6. The van der Waals surface area contributed by atoms with Gasteiger partial charge in [0.2, 0.25) is 0 Å². The fraction of sp³-hybridized carbons (Fsp3) is 0.786. The average molecular weight is 249 g/mol. The van der Waals surface area contributed by atoms with E-state index in [0.717, 1.165) is 44.6 Å². The fourth-order valence-electron chi connectivity index (χ4n) is 3.37. The van der Waals surface area contributed by atoms with Crippen LogP contribution in [0.5, 0.6) is 0 Å². The Labute approximate surface area is 108 Å². The van der Waals surface area contributed by atoms with Gasteiger partial charge in [-0.25, -0.2) is 4.68 Å². The van der Waals surface area contributed by atoms with E-state index in [1.54, 1.807) is 0 Å². The van der Waals surface area contributed by atoms with Crippen molar-refractivity contribution >= 4 is 0 Å². The van der Waals surface area contributed by atoms with Gasteiger partial charge < -0.3 is 0 Å². The van der Waals surface area contributed by atoms with Crippen LogP contribution in [-0.2, 0) is 25.9 Å². The number of hydrogen-bond donors (Lipinski definition) is 0. The Morgan fingerprint density at radius 1 is 0.944 bits per heavy atom. The predicted molar refractivity (Wildman–Crippen MR) is 72.0 cm³/mol. The molecule has 0 radical (unpaired) electrons. The van der Waals surface area contributed by atoms with Crippen LogP contribution in [0.3, 0.4) is 0 Å². The Kier molecular flexibility index (Phi) is 3.06. The Morgan fingerprint density at radius 2 is 1.61 bits per heavy atom. The summed E-state index contributed by atoms with van der Waals surface area (Å²) >= 11 is 0. The van der Waals surface area contributed by atoms with Gasteiger partial charge in [-0.15, -0.1) is 0 Å². The lowest BCUT2D eigenvalue weighted by Gasteiger charge is -2.23. The molecule has 2 heterocycles. The minimum absolute atomic E-state index is 0.287. The van der Waals surface area contributed by atoms with E-state index in [2.05, 4.69) is 23.4 Å². The largest absolute Gasteiger partial charge is 0.297 e. The second-order valence-electron chi connectivity index (χ2n) is 5.81. The maximum atomic E-state index is 12.4. The summed E-state index contributed by atoms with van der Waals surface area (Å²) in [4.78, 5) is 14.9. The number of nitrogens with zero attached hydrogens (tertiary/aromatic N) is 3. The molecule has 2 aliphatic rings. The van der Waals surface area contributed by atoms with E-state index in [4.69, 9.17) is 0 Å². The molecule has 4 heteroatoms. The van der Waals surface area contributed by atoms with E-state index in [1.807, 2.05) is 4.68 Å². The summed E-state index contributed by atoms with van der Waals surface area (Å²) in [6, 6.07) is 0.570. The van der Waals surface area contributed by atoms with Crippen LogP contribution in [0.2, 0.25) is 0 Å². The minimum Gasteiger partial charge on any atom is -0.297 e. The van der Waals surface area contributed by atoms with Crippen molar-refractivity contribution in [1.82, 2.24) is 14.3 Å². The van der Waals surface area contributed by atoms with Crippen molar-refractivity contribution in [1.29, 1.82) is 0 Å². The third-order valence-electron chi connectivity index (χ3n) is 4.46. The van der Waals surface area contributed by atoms with Crippen molar-refractivity contribution in [3.8, 4) is 0 Å². The molecule has 0 aromatic carbocycles. The minimum atomic E-state index is 0.287. The highest BCUT2D eigenvalue weighted by molar-refractivity contribution is 5.22. The molecule has 0 fully saturated rings. The lowest BCUT2D eigenvalue weighted by molar-refractivity contribution is 0.224. The van der Waals surface area contributed by atoms with Crippen LogP contribution in [0, 0.1) is 0 Å². The number of hydrogen-bond acceptors (Lipinski definition) is 2. The molecule has 0 saturated carbocycles. The summed E-state index contributed by atoms with van der Waals surface area (Å²) in [6.45, 7) is 8.36. The second-order valence-corrected chi connectivity index (χ2v) is 5.81. The van der Waals surface area contributed by atoms with Gasteiger partial charge in [0.05, 0.1) is 13.1 Å². The molecule has 0 bridgehead atoms. The molecular weight excluding hydrogens is 226 g/mol. The molecule has 0 atom stereocenters. The summed E-state index contributed by atoms with van der Waals surface area (Å²) in [6.07, 6.45) is 4.52. The lowest BCUT2D eigenvalue weighted by atomic mass is 9.98. The van der Waals surface area contributed by atoms with Gasteiger partial charge in [0.15, 0.2) is 0 Å². The molecule has 18 heavy (non-hydrogen) atoms. The monoisotopic (exact) mass is 249 g/mol. The zero-order valence-corrected chi connectivity index (χ0v) is 11.5. The zero-order valence-electron chi connectivity index (χ0n) is 11.5. The Morgan fingerprint density at radius 3 is 2.33 bits per heavy atom. The van der Waals surface area contributed by atoms with E-state index in [0.29, 0.717) is 6.04 Å². The standard InChI is InChI=1S/C14H23N3O/c1-11(2)15-7-9-16-13-6-4-3-5-12(13)14(18)17(16)10-8-15/h11H,3-10H2,1-2H3. The van der Waals surface area contributed by atoms with Crippen LogP contribution < -0.4 is 5.56 Å². The Balaban J connectivity index is 1.96. The molecule has 4 nitrogen and oxygen atoms in total. The first-order valence-electron chi connectivity index (χ1n) is 7.24. The van der Waals surface area contributed by atoms with Gasteiger partial charge in [0.25, 0.3) is 5.56 Å². The molecule has 0 saturated heterocycles. The molecule has 1 aromatic rings. The van der Waals surface area contributed by atoms with E-state index < -0.39 is 0 Å². The summed E-state index contributed by atoms with van der Waals surface area (Å²) < 4.78 is 4.28. The van der Waals surface area contributed by atoms with Gasteiger partial charge in [0, 0.05) is 30.4 Å². The number of aromatic nitrogens is 2. The van der Waals surface area contributed by atoms with Gasteiger partial charge in [-0.05, 0) is 39.5 Å². The predicted octanol–water partition coefficient (Wildman–Crippen LogP) is 1.25. The van der Waals surface area contributed by atoms with Crippen molar-refractivity contribution in [2.75, 3.05) is 13.1 Å². The molecule has 0 spiro atoms. The molecule has 1 aliphatic heterocycles. The van der Waals surface area contributed by atoms with Crippen molar-refractivity contribution in [3.05, 3.63) is 21.6 Å². The van der Waals surface area contributed by atoms with Crippen molar-refractivity contribution in [2.45, 2.75) is 58.7 Å². The smallest absolute Gasteiger partial charge is 0.270 e. The quantitative estimate of drug-likeness (QED) is 0.750.